The van der Waals surface area contributed by atoms with Gasteiger partial charge in [0.25, 0.3) is 17.5 Å². The first-order valence-corrected chi connectivity index (χ1v) is 11.6. The number of nitro groups is 1. The molecular weight excluding hydrogens is 476 g/mol. The topological polar surface area (TPSA) is 105 Å². The molecule has 0 bridgehead atoms. The minimum absolute atomic E-state index is 0.0248. The molecule has 0 aliphatic carbocycles. The molecule has 2 N–H and O–H groups in total. The zero-order valence-electron chi connectivity index (χ0n) is 19.3. The molecule has 0 fully saturated rings. The third-order valence-corrected chi connectivity index (χ3v) is 5.79. The van der Waals surface area contributed by atoms with Crippen molar-refractivity contribution in [3.05, 3.63) is 112 Å². The highest BCUT2D eigenvalue weighted by atomic mass is 32.1. The fraction of sp³-hybridized carbons (Fsp3) is 0.0741. The minimum atomic E-state index is -0.694. The van der Waals surface area contributed by atoms with Crippen LogP contribution in [0.25, 0.3) is 10.8 Å². The second-order valence-electron chi connectivity index (χ2n) is 7.81. The minimum Gasteiger partial charge on any atom is -0.332 e. The number of nitro benzene ring substituents is 1. The predicted octanol–water partition coefficient (Wildman–Crippen LogP) is 5.54. The molecule has 180 valence electrons. The average Bonchev–Trinajstić information content (AvgIpc) is 2.89. The third-order valence-electron chi connectivity index (χ3n) is 5.58. The lowest BCUT2D eigenvalue weighted by atomic mass is 10.1. The second-order valence-corrected chi connectivity index (χ2v) is 8.22. The number of benzene rings is 4. The Kier molecular flexibility index (Phi) is 7.31. The molecule has 0 unspecified atom stereocenters. The Morgan fingerprint density at radius 2 is 1.58 bits per heavy atom. The Morgan fingerprint density at radius 3 is 2.31 bits per heavy atom. The van der Waals surface area contributed by atoms with Crippen molar-refractivity contribution >= 4 is 57.0 Å². The Bertz CT molecular complexity index is 1470. The molecule has 0 radical (unpaired) electrons. The monoisotopic (exact) mass is 498 g/mol. The maximum absolute atomic E-state index is 13.3. The van der Waals surface area contributed by atoms with Crippen molar-refractivity contribution in [3.8, 4) is 0 Å². The predicted molar refractivity (Wildman–Crippen MR) is 145 cm³/mol. The van der Waals surface area contributed by atoms with Crippen LogP contribution in [0.4, 0.5) is 17.1 Å². The summed E-state index contributed by atoms with van der Waals surface area (Å²) in [5.74, 6) is -0.840. The Labute approximate surface area is 212 Å². The van der Waals surface area contributed by atoms with Crippen LogP contribution in [0.15, 0.2) is 91.0 Å². The van der Waals surface area contributed by atoms with E-state index in [4.69, 9.17) is 12.2 Å². The first kappa shape index (κ1) is 24.5. The van der Waals surface area contributed by atoms with Crippen molar-refractivity contribution in [3.63, 3.8) is 0 Å². The Hall–Kier alpha value is -4.63. The molecule has 0 saturated heterocycles. The number of para-hydroxylation sites is 1. The molecule has 4 rings (SSSR count). The van der Waals surface area contributed by atoms with Crippen LogP contribution < -0.4 is 15.5 Å². The van der Waals surface area contributed by atoms with E-state index in [0.29, 0.717) is 17.8 Å². The molecule has 0 aromatic heterocycles. The largest absolute Gasteiger partial charge is 0.332 e. The van der Waals surface area contributed by atoms with E-state index in [2.05, 4.69) is 10.6 Å². The van der Waals surface area contributed by atoms with Crippen molar-refractivity contribution in [1.29, 1.82) is 0 Å². The second kappa shape index (κ2) is 10.7. The Morgan fingerprint density at radius 1 is 0.917 bits per heavy atom. The Balaban J connectivity index is 1.46. The summed E-state index contributed by atoms with van der Waals surface area (Å²) < 4.78 is 0. The zero-order valence-corrected chi connectivity index (χ0v) is 20.1. The van der Waals surface area contributed by atoms with Gasteiger partial charge in [-0.3, -0.25) is 25.0 Å². The lowest BCUT2D eigenvalue weighted by Gasteiger charge is -2.23. The molecule has 4 aromatic carbocycles. The van der Waals surface area contributed by atoms with Gasteiger partial charge in [0.2, 0.25) is 0 Å². The third kappa shape index (κ3) is 5.21. The number of nitrogens with zero attached hydrogens (tertiary/aromatic N) is 2. The quantitative estimate of drug-likeness (QED) is 0.205. The van der Waals surface area contributed by atoms with Crippen molar-refractivity contribution in [2.45, 2.75) is 6.92 Å². The van der Waals surface area contributed by atoms with Gasteiger partial charge in [0, 0.05) is 29.2 Å². The number of thiocarbonyl (C=S) groups is 1. The normalized spacial score (nSPS) is 10.5. The number of fused-ring (bicyclic) bond motifs is 1. The molecule has 0 heterocycles. The first-order valence-electron chi connectivity index (χ1n) is 11.1. The highest BCUT2D eigenvalue weighted by molar-refractivity contribution is 7.80. The average molecular weight is 499 g/mol. The molecule has 0 aliphatic heterocycles. The van der Waals surface area contributed by atoms with Gasteiger partial charge in [-0.1, -0.05) is 48.5 Å². The van der Waals surface area contributed by atoms with Crippen LogP contribution in [0.1, 0.15) is 27.6 Å². The van der Waals surface area contributed by atoms with Crippen molar-refractivity contribution < 1.29 is 14.5 Å². The molecule has 8 nitrogen and oxygen atoms in total. The van der Waals surface area contributed by atoms with Crippen LogP contribution in [-0.4, -0.2) is 28.4 Å². The standard InChI is InChI=1S/C27H22N4O4S/c1-2-30(23-13-7-9-18-8-3-4-10-21(18)23)26(33)19-14-16-20(17-15-19)28-27(36)29-25(32)22-11-5-6-12-24(22)31(34)35/h3-17H,2H2,1H3,(H2,28,29,32,36). The van der Waals surface area contributed by atoms with Crippen molar-refractivity contribution in [1.82, 2.24) is 5.32 Å². The highest BCUT2D eigenvalue weighted by Gasteiger charge is 2.20. The maximum Gasteiger partial charge on any atom is 0.282 e. The van der Waals surface area contributed by atoms with Gasteiger partial charge < -0.3 is 10.2 Å². The van der Waals surface area contributed by atoms with Crippen LogP contribution in [-0.2, 0) is 0 Å². The van der Waals surface area contributed by atoms with E-state index in [1.807, 2.05) is 49.4 Å². The summed E-state index contributed by atoms with van der Waals surface area (Å²) in [7, 11) is 0. The van der Waals surface area contributed by atoms with Gasteiger partial charge in [-0.15, -0.1) is 0 Å². The van der Waals surface area contributed by atoms with E-state index in [0.717, 1.165) is 16.5 Å². The van der Waals surface area contributed by atoms with E-state index in [1.54, 1.807) is 29.2 Å². The highest BCUT2D eigenvalue weighted by Crippen LogP contribution is 2.28. The van der Waals surface area contributed by atoms with Crippen molar-refractivity contribution in [2.24, 2.45) is 0 Å². The molecule has 36 heavy (non-hydrogen) atoms. The van der Waals surface area contributed by atoms with Gasteiger partial charge in [-0.05, 0) is 60.9 Å². The van der Waals surface area contributed by atoms with E-state index in [9.17, 15) is 19.7 Å². The van der Waals surface area contributed by atoms with Crippen LogP contribution >= 0.6 is 12.2 Å². The summed E-state index contributed by atoms with van der Waals surface area (Å²) in [6.07, 6.45) is 0. The van der Waals surface area contributed by atoms with Crippen LogP contribution in [0.3, 0.4) is 0 Å². The van der Waals surface area contributed by atoms with Gasteiger partial charge in [0.15, 0.2) is 5.11 Å². The molecule has 9 heteroatoms. The molecule has 0 spiro atoms. The lowest BCUT2D eigenvalue weighted by molar-refractivity contribution is -0.385. The van der Waals surface area contributed by atoms with Gasteiger partial charge in [-0.25, -0.2) is 0 Å². The van der Waals surface area contributed by atoms with Crippen LogP contribution in [0.2, 0.25) is 0 Å². The van der Waals surface area contributed by atoms with E-state index in [1.165, 1.54) is 24.3 Å². The number of nitrogens with one attached hydrogen (secondary N) is 2. The summed E-state index contributed by atoms with van der Waals surface area (Å²) in [5, 5.41) is 18.5. The maximum atomic E-state index is 13.3. The number of amides is 2. The summed E-state index contributed by atoms with van der Waals surface area (Å²) in [4.78, 5) is 38.0. The molecule has 2 amide bonds. The first-order chi connectivity index (χ1) is 17.4. The molecule has 0 atom stereocenters. The van der Waals surface area contributed by atoms with Gasteiger partial charge in [0.05, 0.1) is 10.6 Å². The van der Waals surface area contributed by atoms with Crippen molar-refractivity contribution in [2.75, 3.05) is 16.8 Å². The zero-order chi connectivity index (χ0) is 25.7. The van der Waals surface area contributed by atoms with E-state index < -0.39 is 10.8 Å². The number of hydrogen-bond acceptors (Lipinski definition) is 5. The van der Waals surface area contributed by atoms with Crippen LogP contribution in [0, 0.1) is 10.1 Å². The number of anilines is 2. The number of carbonyl (C=O) groups is 2. The smallest absolute Gasteiger partial charge is 0.282 e. The summed E-state index contributed by atoms with van der Waals surface area (Å²) in [5.41, 5.74) is 1.47. The van der Waals surface area contributed by atoms with Gasteiger partial charge in [-0.2, -0.15) is 0 Å². The molecule has 0 aliphatic rings. The summed E-state index contributed by atoms with van der Waals surface area (Å²) in [6.45, 7) is 2.42. The molecule has 0 saturated carbocycles. The summed E-state index contributed by atoms with van der Waals surface area (Å²) >= 11 is 5.19. The summed E-state index contributed by atoms with van der Waals surface area (Å²) in [6, 6.07) is 26.1. The SMILES string of the molecule is CCN(C(=O)c1ccc(NC(=S)NC(=O)c2ccccc2[N+](=O)[O-])cc1)c1cccc2ccccc12. The van der Waals surface area contributed by atoms with E-state index in [-0.39, 0.29) is 22.3 Å². The lowest BCUT2D eigenvalue weighted by Crippen LogP contribution is -2.34. The van der Waals surface area contributed by atoms with Gasteiger partial charge in [0.1, 0.15) is 5.56 Å². The van der Waals surface area contributed by atoms with Gasteiger partial charge >= 0.3 is 0 Å². The van der Waals surface area contributed by atoms with E-state index >= 15 is 0 Å². The fourth-order valence-corrected chi connectivity index (χ4v) is 4.09. The molecule has 4 aromatic rings. The number of carbonyl (C=O) groups excluding carboxylic acids is 2. The fourth-order valence-electron chi connectivity index (χ4n) is 3.88. The van der Waals surface area contributed by atoms with Crippen LogP contribution in [0.5, 0.6) is 0 Å². The number of hydrogen-bond donors (Lipinski definition) is 2. The molecular formula is C27H22N4O4S. The number of rotatable bonds is 6.